The van der Waals surface area contributed by atoms with E-state index < -0.39 is 0 Å². The Labute approximate surface area is 50.0 Å². The van der Waals surface area contributed by atoms with Crippen LogP contribution in [0.1, 0.15) is 0 Å². The second kappa shape index (κ2) is 5.23. The third kappa shape index (κ3) is 36.0. The Bertz CT molecular complexity index is 16.4. The van der Waals surface area contributed by atoms with E-state index in [4.69, 9.17) is 0 Å². The summed E-state index contributed by atoms with van der Waals surface area (Å²) in [5.41, 5.74) is 0. The maximum absolute atomic E-state index is 2.72. The largest absolute Gasteiger partial charge is 0.146 e. The smallest absolute Gasteiger partial charge is 0.105 e. The van der Waals surface area contributed by atoms with Crippen LogP contribution in [-0.2, 0) is 17.1 Å². The van der Waals surface area contributed by atoms with Gasteiger partial charge in [0.15, 0.2) is 0 Å². The van der Waals surface area contributed by atoms with Crippen molar-refractivity contribution in [2.24, 2.45) is 0 Å². The van der Waals surface area contributed by atoms with Crippen molar-refractivity contribution in [2.45, 2.75) is 5.18 Å². The fourth-order valence-electron chi connectivity index (χ4n) is 0. The molecule has 0 N–H and O–H groups in total. The van der Waals surface area contributed by atoms with Crippen LogP contribution < -0.4 is 0 Å². The molecule has 32 valence electrons. The minimum absolute atomic E-state index is 0. The van der Waals surface area contributed by atoms with E-state index in [1.165, 1.54) is 10.2 Å². The summed E-state index contributed by atoms with van der Waals surface area (Å²) in [5.74, 6) is 0. The zero-order valence-electron chi connectivity index (χ0n) is 3.51. The average molecular weight is 146 g/mol. The summed E-state index contributed by atoms with van der Waals surface area (Å²) < 4.78 is 0. The van der Waals surface area contributed by atoms with E-state index in [1.54, 1.807) is 0 Å². The van der Waals surface area contributed by atoms with Gasteiger partial charge in [-0.3, -0.25) is 0 Å². The first kappa shape index (κ1) is 9.52. The third-order valence-electron chi connectivity index (χ3n) is 0. The summed E-state index contributed by atoms with van der Waals surface area (Å²) in [4.78, 5) is 0. The van der Waals surface area contributed by atoms with Crippen LogP contribution in [0.2, 0.25) is 0 Å². The molecule has 2 atom stereocenters. The van der Waals surface area contributed by atoms with Gasteiger partial charge >= 0.3 is 0 Å². The molecule has 0 saturated heterocycles. The molecule has 0 saturated carbocycles. The van der Waals surface area contributed by atoms with Crippen LogP contribution in [0.5, 0.6) is 0 Å². The second-order valence-corrected chi connectivity index (χ2v) is 5.73. The summed E-state index contributed by atoms with van der Waals surface area (Å²) in [6.45, 7) is 0. The summed E-state index contributed by atoms with van der Waals surface area (Å²) >= 11 is 0. The molecule has 5 heavy (non-hydrogen) atoms. The van der Waals surface area contributed by atoms with Crippen molar-refractivity contribution in [3.05, 3.63) is 0 Å². The first-order chi connectivity index (χ1) is 1.73. The fraction of sp³-hybridized carbons (Fsp3) is 1.00. The normalized spacial score (nSPS) is 13.0. The van der Waals surface area contributed by atoms with Crippen molar-refractivity contribution in [1.82, 2.24) is 0 Å². The van der Waals surface area contributed by atoms with Gasteiger partial charge in [0.2, 0.25) is 0 Å². The van der Waals surface area contributed by atoms with Gasteiger partial charge in [-0.05, 0) is 0 Å². The van der Waals surface area contributed by atoms with Gasteiger partial charge in [-0.1, -0.05) is 5.18 Å². The van der Waals surface area contributed by atoms with Crippen LogP contribution in [0.15, 0.2) is 0 Å². The summed E-state index contributed by atoms with van der Waals surface area (Å²) in [5, 5.41) is 0.889. The minimum Gasteiger partial charge on any atom is -0.146 e. The molecule has 0 fully saturated rings. The maximum Gasteiger partial charge on any atom is 0.105 e. The van der Waals surface area contributed by atoms with Crippen LogP contribution in [0, 0.1) is 0 Å². The Hall–Kier alpha value is 1.23. The predicted octanol–water partition coefficient (Wildman–Crippen LogP) is -1.86. The summed E-state index contributed by atoms with van der Waals surface area (Å²) in [7, 11) is 6.22. The molecule has 0 aromatic carbocycles. The molecule has 0 aromatic heterocycles. The first-order valence-electron chi connectivity index (χ1n) is 1.49. The number of hydrogen-bond acceptors (Lipinski definition) is 0. The van der Waals surface area contributed by atoms with Crippen molar-refractivity contribution < 1.29 is 17.1 Å². The zero-order chi connectivity index (χ0) is 3.58. The SMILES string of the molecule is BC([SiH3])P.[Fe]. The molecule has 2 unspecified atom stereocenters. The summed E-state index contributed by atoms with van der Waals surface area (Å²) in [6, 6.07) is 0. The van der Waals surface area contributed by atoms with E-state index in [-0.39, 0.29) is 17.1 Å². The molecule has 0 amide bonds. The molecular weight excluding hydrogens is 138 g/mol. The van der Waals surface area contributed by atoms with E-state index >= 15 is 0 Å². The standard InChI is InChI=1S/CH8BPSi.Fe/c2-1(3)4;/h1H,2-3H2,4H3;. The topological polar surface area (TPSA) is 0 Å². The molecule has 0 nitrogen and oxygen atoms in total. The zero-order valence-corrected chi connectivity index (χ0v) is 7.77. The van der Waals surface area contributed by atoms with Crippen molar-refractivity contribution in [2.75, 3.05) is 0 Å². The Morgan fingerprint density at radius 3 is 1.80 bits per heavy atom. The van der Waals surface area contributed by atoms with Crippen molar-refractivity contribution in [1.29, 1.82) is 0 Å². The predicted molar refractivity (Wildman–Crippen MR) is 32.0 cm³/mol. The Balaban J connectivity index is 0. The van der Waals surface area contributed by atoms with Crippen molar-refractivity contribution >= 4 is 27.3 Å². The van der Waals surface area contributed by atoms with Crippen LogP contribution in [-0.4, -0.2) is 23.3 Å². The third-order valence-corrected chi connectivity index (χ3v) is 0. The quantitative estimate of drug-likeness (QED) is 0.277. The van der Waals surface area contributed by atoms with Gasteiger partial charge < -0.3 is 0 Å². The van der Waals surface area contributed by atoms with E-state index in [0.29, 0.717) is 0 Å². The first-order valence-corrected chi connectivity index (χ1v) is 3.31. The minimum atomic E-state index is 0. The van der Waals surface area contributed by atoms with Crippen molar-refractivity contribution in [3.63, 3.8) is 0 Å². The molecular formula is CH8BFePSi. The van der Waals surface area contributed by atoms with E-state index in [0.717, 1.165) is 5.18 Å². The summed E-state index contributed by atoms with van der Waals surface area (Å²) in [6.07, 6.45) is 0. The van der Waals surface area contributed by atoms with Crippen LogP contribution in [0.3, 0.4) is 0 Å². The molecule has 0 aliphatic heterocycles. The van der Waals surface area contributed by atoms with Crippen LogP contribution >= 0.6 is 9.24 Å². The van der Waals surface area contributed by atoms with Gasteiger partial charge in [-0.15, -0.1) is 9.24 Å². The molecule has 4 heteroatoms. The Morgan fingerprint density at radius 1 is 1.80 bits per heavy atom. The molecule has 0 radical (unpaired) electrons. The van der Waals surface area contributed by atoms with E-state index in [9.17, 15) is 0 Å². The molecule has 0 aliphatic rings. The monoisotopic (exact) mass is 146 g/mol. The van der Waals surface area contributed by atoms with E-state index in [2.05, 4.69) is 17.1 Å². The molecule has 0 aromatic rings. The van der Waals surface area contributed by atoms with Gasteiger partial charge in [0.25, 0.3) is 0 Å². The number of rotatable bonds is 0. The van der Waals surface area contributed by atoms with E-state index in [1.807, 2.05) is 0 Å². The molecule has 0 spiro atoms. The second-order valence-electron chi connectivity index (χ2n) is 1.24. The van der Waals surface area contributed by atoms with Crippen molar-refractivity contribution in [3.8, 4) is 0 Å². The van der Waals surface area contributed by atoms with Gasteiger partial charge in [-0.25, -0.2) is 0 Å². The van der Waals surface area contributed by atoms with Crippen LogP contribution in [0.25, 0.3) is 0 Å². The molecule has 0 bridgehead atoms. The van der Waals surface area contributed by atoms with Gasteiger partial charge in [0, 0.05) is 27.3 Å². The number of hydrogen-bond donors (Lipinski definition) is 0. The Kier molecular flexibility index (Phi) is 9.97. The average Bonchev–Trinajstić information content (AvgIpc) is 0.811. The molecule has 0 aliphatic carbocycles. The Morgan fingerprint density at radius 2 is 1.80 bits per heavy atom. The maximum atomic E-state index is 2.72. The fourth-order valence-corrected chi connectivity index (χ4v) is 0. The van der Waals surface area contributed by atoms with Gasteiger partial charge in [0.05, 0.1) is 0 Å². The van der Waals surface area contributed by atoms with Gasteiger partial charge in [0.1, 0.15) is 7.85 Å². The van der Waals surface area contributed by atoms with Crippen LogP contribution in [0.4, 0.5) is 0 Å². The molecule has 0 rings (SSSR count). The van der Waals surface area contributed by atoms with Gasteiger partial charge in [-0.2, -0.15) is 0 Å². The molecule has 0 heterocycles.